The zero-order valence-corrected chi connectivity index (χ0v) is 8.60. The van der Waals surface area contributed by atoms with Crippen molar-refractivity contribution < 1.29 is 0 Å². The average molecular weight is 213 g/mol. The van der Waals surface area contributed by atoms with E-state index < -0.39 is 0 Å². The van der Waals surface area contributed by atoms with Gasteiger partial charge < -0.3 is 10.3 Å². The highest BCUT2D eigenvalue weighted by Crippen LogP contribution is 2.22. The minimum atomic E-state index is -0.216. The van der Waals surface area contributed by atoms with Crippen LogP contribution in [-0.4, -0.2) is 11.5 Å². The molecule has 1 fully saturated rings. The molecule has 14 heavy (non-hydrogen) atoms. The van der Waals surface area contributed by atoms with Gasteiger partial charge in [-0.25, -0.2) is 0 Å². The predicted octanol–water partition coefficient (Wildman–Crippen LogP) is 1.84. The highest BCUT2D eigenvalue weighted by molar-refractivity contribution is 6.30. The molecule has 0 saturated carbocycles. The molecule has 0 radical (unpaired) electrons. The molecule has 0 aliphatic carbocycles. The van der Waals surface area contributed by atoms with E-state index in [2.05, 4.69) is 10.3 Å². The van der Waals surface area contributed by atoms with Crippen molar-refractivity contribution in [3.63, 3.8) is 0 Å². The highest BCUT2D eigenvalue weighted by Gasteiger charge is 2.15. The molecule has 0 aromatic carbocycles. The summed E-state index contributed by atoms with van der Waals surface area (Å²) in [6.07, 6.45) is 5.32. The van der Waals surface area contributed by atoms with Crippen LogP contribution in [0.25, 0.3) is 0 Å². The lowest BCUT2D eigenvalue weighted by atomic mass is 9.99. The molecule has 1 aliphatic rings. The van der Waals surface area contributed by atoms with E-state index in [-0.39, 0.29) is 10.6 Å². The van der Waals surface area contributed by atoms with Crippen LogP contribution in [0.5, 0.6) is 0 Å². The minimum absolute atomic E-state index is 0.216. The summed E-state index contributed by atoms with van der Waals surface area (Å²) >= 11 is 5.76. The lowest BCUT2D eigenvalue weighted by molar-refractivity contribution is 0.411. The number of hydrogen-bond donors (Lipinski definition) is 2. The molecule has 0 unspecified atom stereocenters. The van der Waals surface area contributed by atoms with E-state index in [4.69, 9.17) is 11.6 Å². The Morgan fingerprint density at radius 2 is 2.29 bits per heavy atom. The Morgan fingerprint density at radius 1 is 1.43 bits per heavy atom. The zero-order chi connectivity index (χ0) is 9.97. The second-order valence-corrected chi connectivity index (χ2v) is 4.02. The third-order valence-corrected chi connectivity index (χ3v) is 2.87. The highest BCUT2D eigenvalue weighted by atomic mass is 35.5. The van der Waals surface area contributed by atoms with Gasteiger partial charge in [-0.1, -0.05) is 18.0 Å². The van der Waals surface area contributed by atoms with E-state index in [0.717, 1.165) is 18.5 Å². The molecule has 4 heteroatoms. The van der Waals surface area contributed by atoms with Crippen molar-refractivity contribution in [3.05, 3.63) is 33.2 Å². The van der Waals surface area contributed by atoms with E-state index in [1.165, 1.54) is 12.8 Å². The predicted molar refractivity (Wildman–Crippen MR) is 56.7 cm³/mol. The van der Waals surface area contributed by atoms with Crippen molar-refractivity contribution in [2.75, 3.05) is 6.54 Å². The van der Waals surface area contributed by atoms with E-state index in [9.17, 15) is 4.79 Å². The molecular formula is C10H13ClN2O. The Labute approximate surface area is 87.5 Å². The van der Waals surface area contributed by atoms with Crippen LogP contribution in [0.4, 0.5) is 0 Å². The number of nitrogens with one attached hydrogen (secondary N) is 2. The van der Waals surface area contributed by atoms with Crippen molar-refractivity contribution in [2.24, 2.45) is 0 Å². The van der Waals surface area contributed by atoms with Gasteiger partial charge in [0.1, 0.15) is 5.02 Å². The summed E-state index contributed by atoms with van der Waals surface area (Å²) in [6, 6.07) is 2.10. The first kappa shape index (κ1) is 9.74. The van der Waals surface area contributed by atoms with E-state index in [1.807, 2.05) is 0 Å². The smallest absolute Gasteiger partial charge is 0.266 e. The molecule has 76 valence electrons. The molecule has 0 amide bonds. The number of pyridine rings is 1. The summed E-state index contributed by atoms with van der Waals surface area (Å²) in [5.74, 6) is 0. The van der Waals surface area contributed by atoms with Crippen LogP contribution >= 0.6 is 11.6 Å². The van der Waals surface area contributed by atoms with Gasteiger partial charge in [-0.3, -0.25) is 4.79 Å². The van der Waals surface area contributed by atoms with Crippen LogP contribution in [-0.2, 0) is 0 Å². The van der Waals surface area contributed by atoms with Crippen LogP contribution in [0, 0.1) is 0 Å². The summed E-state index contributed by atoms with van der Waals surface area (Å²) in [5.41, 5.74) is 0.862. The van der Waals surface area contributed by atoms with Crippen molar-refractivity contribution in [2.45, 2.75) is 25.3 Å². The van der Waals surface area contributed by atoms with Gasteiger partial charge in [0.2, 0.25) is 0 Å². The Balaban J connectivity index is 2.22. The van der Waals surface area contributed by atoms with Crippen LogP contribution in [0.15, 0.2) is 17.1 Å². The molecule has 3 nitrogen and oxygen atoms in total. The lowest BCUT2D eigenvalue weighted by Gasteiger charge is -2.23. The van der Waals surface area contributed by atoms with Gasteiger partial charge in [-0.05, 0) is 31.0 Å². The van der Waals surface area contributed by atoms with E-state index >= 15 is 0 Å². The second kappa shape index (κ2) is 4.15. The van der Waals surface area contributed by atoms with E-state index in [1.54, 1.807) is 12.3 Å². The first-order valence-corrected chi connectivity index (χ1v) is 5.26. The molecule has 2 N–H and O–H groups in total. The van der Waals surface area contributed by atoms with Crippen LogP contribution in [0.3, 0.4) is 0 Å². The van der Waals surface area contributed by atoms with E-state index in [0.29, 0.717) is 6.04 Å². The fraction of sp³-hybridized carbons (Fsp3) is 0.500. The average Bonchev–Trinajstić information content (AvgIpc) is 2.23. The topological polar surface area (TPSA) is 44.9 Å². The Bertz CT molecular complexity index is 369. The van der Waals surface area contributed by atoms with Gasteiger partial charge in [0, 0.05) is 12.2 Å². The lowest BCUT2D eigenvalue weighted by Crippen LogP contribution is -2.27. The summed E-state index contributed by atoms with van der Waals surface area (Å²) in [6.45, 7) is 1.04. The molecule has 2 rings (SSSR count). The first-order chi connectivity index (χ1) is 6.77. The Kier molecular flexibility index (Phi) is 2.89. The third-order valence-electron chi connectivity index (χ3n) is 2.59. The van der Waals surface area contributed by atoms with Gasteiger partial charge in [-0.2, -0.15) is 0 Å². The van der Waals surface area contributed by atoms with Crippen LogP contribution < -0.4 is 10.9 Å². The fourth-order valence-corrected chi connectivity index (χ4v) is 1.99. The standard InChI is InChI=1S/C10H13ClN2O/c11-8-5-7(6-13-10(8)14)9-3-1-2-4-12-9/h5-6,9,12H,1-4H2,(H,13,14)/t9-/m0/s1. The van der Waals surface area contributed by atoms with Gasteiger partial charge in [0.15, 0.2) is 0 Å². The largest absolute Gasteiger partial charge is 0.327 e. The van der Waals surface area contributed by atoms with Gasteiger partial charge in [0.05, 0.1) is 0 Å². The normalized spacial score (nSPS) is 22.2. The van der Waals surface area contributed by atoms with Crippen molar-refractivity contribution in [1.82, 2.24) is 10.3 Å². The molecule has 1 atom stereocenters. The summed E-state index contributed by atoms with van der Waals surface area (Å²) in [7, 11) is 0. The molecule has 1 aromatic rings. The molecule has 1 aromatic heterocycles. The molecule has 1 saturated heterocycles. The SMILES string of the molecule is O=c1[nH]cc([C@@H]2CCCCN2)cc1Cl. The molecule has 0 bridgehead atoms. The number of H-pyrrole nitrogens is 1. The Hall–Kier alpha value is -0.800. The fourth-order valence-electron chi connectivity index (χ4n) is 1.81. The first-order valence-electron chi connectivity index (χ1n) is 4.89. The van der Waals surface area contributed by atoms with Crippen molar-refractivity contribution in [3.8, 4) is 0 Å². The third kappa shape index (κ3) is 1.99. The van der Waals surface area contributed by atoms with Crippen molar-refractivity contribution in [1.29, 1.82) is 0 Å². The number of aromatic amines is 1. The molecule has 0 spiro atoms. The summed E-state index contributed by atoms with van der Waals surface area (Å²) in [5, 5.41) is 3.67. The maximum absolute atomic E-state index is 11.0. The minimum Gasteiger partial charge on any atom is -0.327 e. The van der Waals surface area contributed by atoms with Crippen LogP contribution in [0.2, 0.25) is 5.02 Å². The number of rotatable bonds is 1. The number of aromatic nitrogens is 1. The molecule has 1 aliphatic heterocycles. The van der Waals surface area contributed by atoms with Gasteiger partial charge in [0.25, 0.3) is 5.56 Å². The van der Waals surface area contributed by atoms with Gasteiger partial charge in [-0.15, -0.1) is 0 Å². The molecule has 2 heterocycles. The molecular weight excluding hydrogens is 200 g/mol. The van der Waals surface area contributed by atoms with Crippen LogP contribution in [0.1, 0.15) is 30.9 Å². The maximum Gasteiger partial charge on any atom is 0.266 e. The summed E-state index contributed by atoms with van der Waals surface area (Å²) in [4.78, 5) is 13.7. The monoisotopic (exact) mass is 212 g/mol. The zero-order valence-electron chi connectivity index (χ0n) is 7.85. The Morgan fingerprint density at radius 3 is 2.93 bits per heavy atom. The maximum atomic E-state index is 11.0. The number of halogens is 1. The van der Waals surface area contributed by atoms with Gasteiger partial charge >= 0.3 is 0 Å². The number of hydrogen-bond acceptors (Lipinski definition) is 2. The quantitative estimate of drug-likeness (QED) is 0.746. The second-order valence-electron chi connectivity index (χ2n) is 3.61. The number of piperidine rings is 1. The van der Waals surface area contributed by atoms with Crippen molar-refractivity contribution >= 4 is 11.6 Å². The summed E-state index contributed by atoms with van der Waals surface area (Å²) < 4.78 is 0.